The third-order valence-electron chi connectivity index (χ3n) is 3.83. The van der Waals surface area contributed by atoms with Crippen LogP contribution in [0.15, 0.2) is 18.2 Å². The number of rotatable bonds is 2. The topological polar surface area (TPSA) is 26.0 Å². The summed E-state index contributed by atoms with van der Waals surface area (Å²) in [5.74, 6) is -0.298. The van der Waals surface area contributed by atoms with Gasteiger partial charge in [-0.1, -0.05) is 13.0 Å². The van der Waals surface area contributed by atoms with E-state index in [-0.39, 0.29) is 5.54 Å². The molecule has 0 heterocycles. The van der Waals surface area contributed by atoms with Crippen LogP contribution in [0, 0.1) is 17.6 Å². The van der Waals surface area contributed by atoms with Crippen molar-refractivity contribution in [2.75, 3.05) is 0 Å². The zero-order valence-electron chi connectivity index (χ0n) is 10.2. The van der Waals surface area contributed by atoms with Crippen LogP contribution in [0.25, 0.3) is 0 Å². The van der Waals surface area contributed by atoms with Crippen molar-refractivity contribution in [1.29, 1.82) is 0 Å². The highest BCUT2D eigenvalue weighted by Gasteiger charge is 2.31. The van der Waals surface area contributed by atoms with Crippen molar-refractivity contribution in [3.63, 3.8) is 0 Å². The minimum absolute atomic E-state index is 0.314. The van der Waals surface area contributed by atoms with Crippen molar-refractivity contribution in [2.45, 2.75) is 44.6 Å². The zero-order chi connectivity index (χ0) is 12.5. The third-order valence-corrected chi connectivity index (χ3v) is 3.83. The predicted octanol–water partition coefficient (Wildman–Crippen LogP) is 3.41. The van der Waals surface area contributed by atoms with E-state index in [1.165, 1.54) is 12.1 Å². The van der Waals surface area contributed by atoms with Gasteiger partial charge < -0.3 is 5.73 Å². The van der Waals surface area contributed by atoms with Gasteiger partial charge in [0.05, 0.1) is 0 Å². The molecule has 0 spiro atoms. The summed E-state index contributed by atoms with van der Waals surface area (Å²) >= 11 is 0. The standard InChI is InChI=1S/C14H19F2N/c1-10-4-6-14(17,7-5-10)9-11-2-3-12(15)8-13(11)16/h2-3,8,10H,4-7,9,17H2,1H3. The van der Waals surface area contributed by atoms with Crippen molar-refractivity contribution in [1.82, 2.24) is 0 Å². The molecule has 1 aliphatic rings. The van der Waals surface area contributed by atoms with Gasteiger partial charge in [-0.25, -0.2) is 8.78 Å². The van der Waals surface area contributed by atoms with Crippen LogP contribution in [0.2, 0.25) is 0 Å². The summed E-state index contributed by atoms with van der Waals surface area (Å²) in [5, 5.41) is 0. The maximum atomic E-state index is 13.6. The Morgan fingerprint density at radius 1 is 1.29 bits per heavy atom. The first-order valence-electron chi connectivity index (χ1n) is 6.21. The lowest BCUT2D eigenvalue weighted by Gasteiger charge is -2.36. The van der Waals surface area contributed by atoms with E-state index >= 15 is 0 Å². The molecule has 1 fully saturated rings. The second-order valence-electron chi connectivity index (χ2n) is 5.46. The van der Waals surface area contributed by atoms with E-state index in [0.717, 1.165) is 31.7 Å². The Morgan fingerprint density at radius 3 is 2.53 bits per heavy atom. The van der Waals surface area contributed by atoms with Crippen LogP contribution in [0.1, 0.15) is 38.2 Å². The van der Waals surface area contributed by atoms with Crippen molar-refractivity contribution in [2.24, 2.45) is 11.7 Å². The summed E-state index contributed by atoms with van der Waals surface area (Å²) in [4.78, 5) is 0. The summed E-state index contributed by atoms with van der Waals surface area (Å²) in [7, 11) is 0. The Bertz CT molecular complexity index is 395. The molecule has 0 atom stereocenters. The van der Waals surface area contributed by atoms with Gasteiger partial charge in [0.2, 0.25) is 0 Å². The van der Waals surface area contributed by atoms with E-state index in [2.05, 4.69) is 6.92 Å². The molecule has 0 amide bonds. The molecule has 0 unspecified atom stereocenters. The highest BCUT2D eigenvalue weighted by molar-refractivity contribution is 5.21. The average molecular weight is 239 g/mol. The minimum atomic E-state index is -0.533. The lowest BCUT2D eigenvalue weighted by atomic mass is 9.74. The van der Waals surface area contributed by atoms with Gasteiger partial charge in [0.15, 0.2) is 0 Å². The van der Waals surface area contributed by atoms with Crippen LogP contribution >= 0.6 is 0 Å². The maximum Gasteiger partial charge on any atom is 0.129 e. The highest BCUT2D eigenvalue weighted by atomic mass is 19.1. The molecule has 3 heteroatoms. The first-order chi connectivity index (χ1) is 7.98. The smallest absolute Gasteiger partial charge is 0.129 e. The van der Waals surface area contributed by atoms with Gasteiger partial charge in [-0.2, -0.15) is 0 Å². The first-order valence-corrected chi connectivity index (χ1v) is 6.21. The van der Waals surface area contributed by atoms with E-state index in [0.29, 0.717) is 17.9 Å². The molecular formula is C14H19F2N. The maximum absolute atomic E-state index is 13.6. The van der Waals surface area contributed by atoms with Crippen LogP contribution in [0.5, 0.6) is 0 Å². The molecule has 0 bridgehead atoms. The van der Waals surface area contributed by atoms with E-state index in [1.807, 2.05) is 0 Å². The molecule has 0 aliphatic heterocycles. The molecule has 0 saturated heterocycles. The molecule has 0 aromatic heterocycles. The quantitative estimate of drug-likeness (QED) is 0.840. The SMILES string of the molecule is CC1CCC(N)(Cc2ccc(F)cc2F)CC1. The molecular weight excluding hydrogens is 220 g/mol. The molecule has 2 rings (SSSR count). The van der Waals surface area contributed by atoms with Crippen LogP contribution in [0.4, 0.5) is 8.78 Å². The first kappa shape index (κ1) is 12.5. The van der Waals surface area contributed by atoms with Gasteiger partial charge in [-0.05, 0) is 49.7 Å². The van der Waals surface area contributed by atoms with Crippen LogP contribution < -0.4 is 5.73 Å². The van der Waals surface area contributed by atoms with Crippen molar-refractivity contribution in [3.05, 3.63) is 35.4 Å². The predicted molar refractivity (Wildman–Crippen MR) is 64.6 cm³/mol. The molecule has 2 N–H and O–H groups in total. The van der Waals surface area contributed by atoms with Gasteiger partial charge in [0.1, 0.15) is 11.6 Å². The molecule has 1 saturated carbocycles. The van der Waals surface area contributed by atoms with Crippen molar-refractivity contribution in [3.8, 4) is 0 Å². The lowest BCUT2D eigenvalue weighted by molar-refractivity contribution is 0.242. The number of halogens is 2. The zero-order valence-corrected chi connectivity index (χ0v) is 10.2. The summed E-state index contributed by atoms with van der Waals surface area (Å²) < 4.78 is 26.4. The molecule has 1 aromatic carbocycles. The summed E-state index contributed by atoms with van der Waals surface area (Å²) in [6.07, 6.45) is 4.54. The van der Waals surface area contributed by atoms with Crippen molar-refractivity contribution >= 4 is 0 Å². The number of benzene rings is 1. The fourth-order valence-electron chi connectivity index (χ4n) is 2.56. The van der Waals surface area contributed by atoms with Gasteiger partial charge in [0, 0.05) is 11.6 Å². The Kier molecular flexibility index (Phi) is 3.48. The van der Waals surface area contributed by atoms with Gasteiger partial charge in [-0.3, -0.25) is 0 Å². The monoisotopic (exact) mass is 239 g/mol. The number of hydrogen-bond donors (Lipinski definition) is 1. The van der Waals surface area contributed by atoms with Crippen LogP contribution in [0.3, 0.4) is 0 Å². The van der Waals surface area contributed by atoms with Gasteiger partial charge >= 0.3 is 0 Å². The summed E-state index contributed by atoms with van der Waals surface area (Å²) in [6, 6.07) is 3.74. The number of nitrogens with two attached hydrogens (primary N) is 1. The van der Waals surface area contributed by atoms with E-state index in [4.69, 9.17) is 5.73 Å². The molecule has 0 radical (unpaired) electrons. The van der Waals surface area contributed by atoms with Crippen LogP contribution in [-0.2, 0) is 6.42 Å². The molecule has 1 aliphatic carbocycles. The average Bonchev–Trinajstić information content (AvgIpc) is 2.27. The summed E-state index contributed by atoms with van der Waals surface area (Å²) in [5.41, 5.74) is 6.52. The Labute approximate surface area is 101 Å². The second-order valence-corrected chi connectivity index (χ2v) is 5.46. The highest BCUT2D eigenvalue weighted by Crippen LogP contribution is 2.32. The van der Waals surface area contributed by atoms with Crippen LogP contribution in [-0.4, -0.2) is 5.54 Å². The Hall–Kier alpha value is -0.960. The Balaban J connectivity index is 2.09. The van der Waals surface area contributed by atoms with Gasteiger partial charge in [-0.15, -0.1) is 0 Å². The molecule has 17 heavy (non-hydrogen) atoms. The van der Waals surface area contributed by atoms with Crippen molar-refractivity contribution < 1.29 is 8.78 Å². The van der Waals surface area contributed by atoms with E-state index < -0.39 is 11.6 Å². The largest absolute Gasteiger partial charge is 0.325 e. The third kappa shape index (κ3) is 3.03. The van der Waals surface area contributed by atoms with E-state index in [1.54, 1.807) is 0 Å². The fraction of sp³-hybridized carbons (Fsp3) is 0.571. The lowest BCUT2D eigenvalue weighted by Crippen LogP contribution is -2.45. The normalized spacial score (nSPS) is 29.3. The fourth-order valence-corrected chi connectivity index (χ4v) is 2.56. The molecule has 1 aromatic rings. The minimum Gasteiger partial charge on any atom is -0.325 e. The van der Waals surface area contributed by atoms with E-state index in [9.17, 15) is 8.78 Å². The van der Waals surface area contributed by atoms with Gasteiger partial charge in [0.25, 0.3) is 0 Å². The molecule has 1 nitrogen and oxygen atoms in total. The summed E-state index contributed by atoms with van der Waals surface area (Å²) in [6.45, 7) is 2.22. The second kappa shape index (κ2) is 4.73. The Morgan fingerprint density at radius 2 is 1.94 bits per heavy atom. The number of hydrogen-bond acceptors (Lipinski definition) is 1. The molecule has 94 valence electrons.